The van der Waals surface area contributed by atoms with Crippen molar-refractivity contribution in [2.24, 2.45) is 5.73 Å². The zero-order valence-corrected chi connectivity index (χ0v) is 13.3. The van der Waals surface area contributed by atoms with Gasteiger partial charge in [0.05, 0.1) is 6.61 Å². The maximum atomic E-state index is 13.3. The molecule has 0 saturated carbocycles. The first-order valence-electron chi connectivity index (χ1n) is 7.75. The van der Waals surface area contributed by atoms with Crippen LogP contribution in [0.2, 0.25) is 0 Å². The molecule has 0 aliphatic heterocycles. The molecular formula is C19H24FNO. The smallest absolute Gasteiger partial charge is 0.123 e. The van der Waals surface area contributed by atoms with Crippen LogP contribution in [0, 0.1) is 19.7 Å². The molecule has 0 aliphatic carbocycles. The van der Waals surface area contributed by atoms with E-state index in [0.29, 0.717) is 13.2 Å². The highest BCUT2D eigenvalue weighted by atomic mass is 19.1. The van der Waals surface area contributed by atoms with E-state index in [9.17, 15) is 4.39 Å². The van der Waals surface area contributed by atoms with Gasteiger partial charge in [0.15, 0.2) is 0 Å². The zero-order valence-electron chi connectivity index (χ0n) is 13.3. The third kappa shape index (κ3) is 4.57. The van der Waals surface area contributed by atoms with Gasteiger partial charge in [0.2, 0.25) is 0 Å². The van der Waals surface area contributed by atoms with E-state index in [4.69, 9.17) is 10.5 Å². The minimum atomic E-state index is -0.206. The molecule has 0 radical (unpaired) electrons. The van der Waals surface area contributed by atoms with Crippen LogP contribution in [0.4, 0.5) is 4.39 Å². The first kappa shape index (κ1) is 16.5. The summed E-state index contributed by atoms with van der Waals surface area (Å²) < 4.78 is 19.1. The summed E-state index contributed by atoms with van der Waals surface area (Å²) in [7, 11) is 0. The highest BCUT2D eigenvalue weighted by Crippen LogP contribution is 2.23. The van der Waals surface area contributed by atoms with Crippen LogP contribution >= 0.6 is 0 Å². The van der Waals surface area contributed by atoms with Crippen molar-refractivity contribution in [2.45, 2.75) is 32.6 Å². The lowest BCUT2D eigenvalue weighted by molar-refractivity contribution is 0.299. The Morgan fingerprint density at radius 2 is 1.95 bits per heavy atom. The molecule has 3 heteroatoms. The number of hydrogen-bond donors (Lipinski definition) is 1. The van der Waals surface area contributed by atoms with Crippen LogP contribution in [0.25, 0.3) is 0 Å². The first-order chi connectivity index (χ1) is 10.6. The lowest BCUT2D eigenvalue weighted by Gasteiger charge is -2.16. The van der Waals surface area contributed by atoms with Gasteiger partial charge in [-0.2, -0.15) is 0 Å². The third-order valence-corrected chi connectivity index (χ3v) is 3.90. The van der Waals surface area contributed by atoms with Crippen molar-refractivity contribution in [1.29, 1.82) is 0 Å². The van der Waals surface area contributed by atoms with Crippen molar-refractivity contribution in [3.8, 4) is 5.75 Å². The second-order valence-electron chi connectivity index (χ2n) is 5.75. The van der Waals surface area contributed by atoms with E-state index in [2.05, 4.69) is 25.1 Å². The fourth-order valence-electron chi connectivity index (χ4n) is 2.56. The molecule has 0 bridgehead atoms. The van der Waals surface area contributed by atoms with Crippen molar-refractivity contribution in [1.82, 2.24) is 0 Å². The van der Waals surface area contributed by atoms with Crippen molar-refractivity contribution in [3.05, 3.63) is 65.0 Å². The Kier molecular flexibility index (Phi) is 5.96. The maximum absolute atomic E-state index is 13.3. The van der Waals surface area contributed by atoms with E-state index < -0.39 is 0 Å². The maximum Gasteiger partial charge on any atom is 0.123 e. The lowest BCUT2D eigenvalue weighted by Crippen LogP contribution is -2.14. The first-order valence-corrected chi connectivity index (χ1v) is 7.75. The third-order valence-electron chi connectivity index (χ3n) is 3.90. The van der Waals surface area contributed by atoms with Crippen LogP contribution < -0.4 is 10.5 Å². The predicted molar refractivity (Wildman–Crippen MR) is 88.8 cm³/mol. The molecule has 0 saturated heterocycles. The summed E-state index contributed by atoms with van der Waals surface area (Å²) in [5.41, 5.74) is 9.13. The van der Waals surface area contributed by atoms with Crippen LogP contribution in [-0.2, 0) is 0 Å². The molecular weight excluding hydrogens is 277 g/mol. The molecule has 2 aromatic carbocycles. The Balaban J connectivity index is 1.85. The molecule has 1 unspecified atom stereocenters. The van der Waals surface area contributed by atoms with Gasteiger partial charge in [-0.05, 0) is 74.0 Å². The number of nitrogens with two attached hydrogens (primary N) is 1. The van der Waals surface area contributed by atoms with Gasteiger partial charge in [0, 0.05) is 0 Å². The van der Waals surface area contributed by atoms with E-state index in [1.54, 1.807) is 12.1 Å². The van der Waals surface area contributed by atoms with Gasteiger partial charge in [-0.1, -0.05) is 24.3 Å². The summed E-state index contributed by atoms with van der Waals surface area (Å²) in [4.78, 5) is 0. The number of halogens is 1. The standard InChI is InChI=1S/C19H24FNO/c1-14-8-9-15(2)19(11-14)22-10-4-6-17(13-21)16-5-3-7-18(20)12-16/h3,5,7-9,11-12,17H,4,6,10,13,21H2,1-2H3. The summed E-state index contributed by atoms with van der Waals surface area (Å²) in [6, 6.07) is 12.9. The zero-order chi connectivity index (χ0) is 15.9. The molecule has 0 fully saturated rings. The number of benzene rings is 2. The van der Waals surface area contributed by atoms with Crippen molar-refractivity contribution in [2.75, 3.05) is 13.2 Å². The van der Waals surface area contributed by atoms with Gasteiger partial charge in [-0.3, -0.25) is 0 Å². The van der Waals surface area contributed by atoms with E-state index in [1.807, 2.05) is 13.0 Å². The number of rotatable bonds is 7. The summed E-state index contributed by atoms with van der Waals surface area (Å²) in [6.07, 6.45) is 1.79. The van der Waals surface area contributed by atoms with E-state index in [0.717, 1.165) is 29.7 Å². The molecule has 0 spiro atoms. The SMILES string of the molecule is Cc1ccc(C)c(OCCCC(CN)c2cccc(F)c2)c1. The molecule has 2 aromatic rings. The van der Waals surface area contributed by atoms with E-state index >= 15 is 0 Å². The van der Waals surface area contributed by atoms with E-state index in [1.165, 1.54) is 11.6 Å². The van der Waals surface area contributed by atoms with Gasteiger partial charge in [-0.25, -0.2) is 4.39 Å². The van der Waals surface area contributed by atoms with Crippen molar-refractivity contribution >= 4 is 0 Å². The molecule has 0 aromatic heterocycles. The molecule has 2 nitrogen and oxygen atoms in total. The van der Waals surface area contributed by atoms with E-state index in [-0.39, 0.29) is 11.7 Å². The Labute approximate surface area is 132 Å². The fraction of sp³-hybridized carbons (Fsp3) is 0.368. The normalized spacial score (nSPS) is 12.2. The fourth-order valence-corrected chi connectivity index (χ4v) is 2.56. The monoisotopic (exact) mass is 301 g/mol. The predicted octanol–water partition coefficient (Wildman–Crippen LogP) is 4.34. The second-order valence-corrected chi connectivity index (χ2v) is 5.75. The molecule has 2 rings (SSSR count). The molecule has 0 aliphatic rings. The Morgan fingerprint density at radius 3 is 2.68 bits per heavy atom. The van der Waals surface area contributed by atoms with Crippen LogP contribution in [-0.4, -0.2) is 13.2 Å². The van der Waals surface area contributed by atoms with Crippen LogP contribution in [0.1, 0.15) is 35.4 Å². The quantitative estimate of drug-likeness (QED) is 0.772. The van der Waals surface area contributed by atoms with Crippen molar-refractivity contribution in [3.63, 3.8) is 0 Å². The molecule has 0 heterocycles. The summed E-state index contributed by atoms with van der Waals surface area (Å²) in [5.74, 6) is 0.913. The van der Waals surface area contributed by atoms with Gasteiger partial charge in [-0.15, -0.1) is 0 Å². The number of aryl methyl sites for hydroxylation is 2. The van der Waals surface area contributed by atoms with Crippen LogP contribution in [0.3, 0.4) is 0 Å². The highest BCUT2D eigenvalue weighted by Gasteiger charge is 2.10. The molecule has 22 heavy (non-hydrogen) atoms. The number of hydrogen-bond acceptors (Lipinski definition) is 2. The van der Waals surface area contributed by atoms with Crippen LogP contribution in [0.15, 0.2) is 42.5 Å². The largest absolute Gasteiger partial charge is 0.493 e. The number of ether oxygens (including phenoxy) is 1. The molecule has 1 atom stereocenters. The summed E-state index contributed by atoms with van der Waals surface area (Å²) >= 11 is 0. The lowest BCUT2D eigenvalue weighted by atomic mass is 9.94. The topological polar surface area (TPSA) is 35.2 Å². The van der Waals surface area contributed by atoms with Gasteiger partial charge >= 0.3 is 0 Å². The minimum Gasteiger partial charge on any atom is -0.493 e. The molecule has 0 amide bonds. The molecule has 118 valence electrons. The second kappa shape index (κ2) is 7.95. The van der Waals surface area contributed by atoms with Gasteiger partial charge in [0.25, 0.3) is 0 Å². The van der Waals surface area contributed by atoms with Crippen LogP contribution in [0.5, 0.6) is 5.75 Å². The summed E-state index contributed by atoms with van der Waals surface area (Å²) in [5, 5.41) is 0. The van der Waals surface area contributed by atoms with Gasteiger partial charge < -0.3 is 10.5 Å². The Bertz CT molecular complexity index is 612. The average Bonchev–Trinajstić information content (AvgIpc) is 2.50. The summed E-state index contributed by atoms with van der Waals surface area (Å²) in [6.45, 7) is 5.27. The Hall–Kier alpha value is -1.87. The highest BCUT2D eigenvalue weighted by molar-refractivity contribution is 5.35. The average molecular weight is 301 g/mol. The minimum absolute atomic E-state index is 0.179. The molecule has 2 N–H and O–H groups in total. The Morgan fingerprint density at radius 1 is 1.14 bits per heavy atom. The van der Waals surface area contributed by atoms with Crippen molar-refractivity contribution < 1.29 is 9.13 Å². The van der Waals surface area contributed by atoms with Gasteiger partial charge in [0.1, 0.15) is 11.6 Å².